The van der Waals surface area contributed by atoms with Crippen molar-refractivity contribution < 1.29 is 4.79 Å². The van der Waals surface area contributed by atoms with Crippen molar-refractivity contribution in [2.45, 2.75) is 62.4 Å². The molecule has 11 heteroatoms. The summed E-state index contributed by atoms with van der Waals surface area (Å²) in [5.74, 6) is 1.06. The molecule has 0 saturated carbocycles. The van der Waals surface area contributed by atoms with Crippen molar-refractivity contribution in [2.75, 3.05) is 26.2 Å². The van der Waals surface area contributed by atoms with Gasteiger partial charge in [-0.25, -0.2) is 19.9 Å². The van der Waals surface area contributed by atoms with Crippen LogP contribution in [0.15, 0.2) is 120 Å². The van der Waals surface area contributed by atoms with Gasteiger partial charge in [0.05, 0.1) is 63.9 Å². The number of piperidine rings is 2. The lowest BCUT2D eigenvalue weighted by Gasteiger charge is -2.41. The Morgan fingerprint density at radius 1 is 0.532 bits per heavy atom. The van der Waals surface area contributed by atoms with Gasteiger partial charge in [-0.15, -0.1) is 45.3 Å². The van der Waals surface area contributed by atoms with E-state index in [2.05, 4.69) is 130 Å². The molecule has 0 N–H and O–H groups in total. The molecular weight excluding hydrogens is 841 g/mol. The number of aromatic nitrogens is 4. The van der Waals surface area contributed by atoms with E-state index in [1.54, 1.807) is 45.3 Å². The quantitative estimate of drug-likeness (QED) is 0.108. The summed E-state index contributed by atoms with van der Waals surface area (Å²) in [6.45, 7) is 3.40. The molecule has 7 nitrogen and oxygen atoms in total. The Morgan fingerprint density at radius 3 is 1.35 bits per heavy atom. The lowest BCUT2D eigenvalue weighted by molar-refractivity contribution is -0.130. The van der Waals surface area contributed by atoms with Crippen molar-refractivity contribution in [2.24, 2.45) is 0 Å². The Bertz CT molecular complexity index is 2530. The molecule has 312 valence electrons. The highest BCUT2D eigenvalue weighted by Crippen LogP contribution is 2.36. The second-order valence-corrected chi connectivity index (χ2v) is 20.3. The van der Waals surface area contributed by atoms with Crippen LogP contribution in [0.25, 0.3) is 44.7 Å². The summed E-state index contributed by atoms with van der Waals surface area (Å²) < 4.78 is 2.34. The Labute approximate surface area is 379 Å². The SMILES string of the molecule is O=C(C(Cc1nc2ccccc2s1)N1CCC(c2nc(C=Cc3ccccc3)cs2)CC1)C(Cc1nc2ccccc2s1)N1CCC(c2nc(C=Cc3ccccc3)cs2)CC1. The summed E-state index contributed by atoms with van der Waals surface area (Å²) in [4.78, 5) is 40.9. The predicted molar refractivity (Wildman–Crippen MR) is 261 cm³/mol. The number of thiazole rings is 4. The third kappa shape index (κ3) is 9.63. The molecule has 0 spiro atoms. The largest absolute Gasteiger partial charge is 0.296 e. The fraction of sp³-hybridized carbons (Fsp3) is 0.275. The Balaban J connectivity index is 0.888. The molecule has 2 saturated heterocycles. The number of carbonyl (C=O) groups excluding carboxylic acids is 1. The number of likely N-dealkylation sites (tertiary alicyclic amines) is 2. The van der Waals surface area contributed by atoms with E-state index in [0.717, 1.165) is 84.3 Å². The Morgan fingerprint density at radius 2 is 0.935 bits per heavy atom. The van der Waals surface area contributed by atoms with Crippen LogP contribution in [-0.2, 0) is 17.6 Å². The number of carbonyl (C=O) groups is 1. The monoisotopic (exact) mass is 888 g/mol. The molecule has 0 radical (unpaired) electrons. The zero-order valence-corrected chi connectivity index (χ0v) is 37.7. The van der Waals surface area contributed by atoms with E-state index >= 15 is 4.79 Å². The molecule has 2 unspecified atom stereocenters. The van der Waals surface area contributed by atoms with Gasteiger partial charge in [-0.2, -0.15) is 0 Å². The van der Waals surface area contributed by atoms with E-state index in [9.17, 15) is 0 Å². The van der Waals surface area contributed by atoms with Gasteiger partial charge in [0.1, 0.15) is 0 Å². The molecule has 2 fully saturated rings. The molecule has 0 amide bonds. The zero-order valence-electron chi connectivity index (χ0n) is 34.5. The van der Waals surface area contributed by atoms with Crippen molar-refractivity contribution in [3.8, 4) is 0 Å². The number of benzene rings is 4. The molecule has 62 heavy (non-hydrogen) atoms. The maximum absolute atomic E-state index is 15.6. The van der Waals surface area contributed by atoms with Crippen molar-refractivity contribution >= 4 is 95.9 Å². The third-order valence-electron chi connectivity index (χ3n) is 12.3. The highest BCUT2D eigenvalue weighted by atomic mass is 32.1. The van der Waals surface area contributed by atoms with Gasteiger partial charge < -0.3 is 0 Å². The average Bonchev–Trinajstić information content (AvgIpc) is 4.16. The normalized spacial score (nSPS) is 17.2. The minimum absolute atomic E-state index is 0.285. The summed E-state index contributed by atoms with van der Waals surface area (Å²) in [5.41, 5.74) is 6.38. The molecule has 6 heterocycles. The van der Waals surface area contributed by atoms with Gasteiger partial charge >= 0.3 is 0 Å². The predicted octanol–water partition coefficient (Wildman–Crippen LogP) is 12.0. The molecule has 2 aliphatic rings. The highest BCUT2D eigenvalue weighted by Gasteiger charge is 2.39. The summed E-state index contributed by atoms with van der Waals surface area (Å²) in [6.07, 6.45) is 13.6. The van der Waals surface area contributed by atoms with E-state index in [0.29, 0.717) is 30.5 Å². The van der Waals surface area contributed by atoms with E-state index in [4.69, 9.17) is 19.9 Å². The van der Waals surface area contributed by atoms with Crippen LogP contribution in [-0.4, -0.2) is 73.8 Å². The van der Waals surface area contributed by atoms with Crippen LogP contribution >= 0.6 is 45.3 Å². The lowest BCUT2D eigenvalue weighted by Crippen LogP contribution is -2.55. The molecule has 4 aromatic heterocycles. The minimum atomic E-state index is -0.285. The summed E-state index contributed by atoms with van der Waals surface area (Å²) in [5, 5.41) is 8.80. The van der Waals surface area contributed by atoms with Gasteiger partial charge in [-0.05, 0) is 99.4 Å². The minimum Gasteiger partial charge on any atom is -0.296 e. The van der Waals surface area contributed by atoms with Crippen LogP contribution in [0.5, 0.6) is 0 Å². The smallest absolute Gasteiger partial charge is 0.167 e. The van der Waals surface area contributed by atoms with Gasteiger partial charge in [0.2, 0.25) is 0 Å². The summed E-state index contributed by atoms with van der Waals surface area (Å²) >= 11 is 6.98. The van der Waals surface area contributed by atoms with E-state index in [1.165, 1.54) is 30.5 Å². The van der Waals surface area contributed by atoms with Crippen LogP contribution in [0.3, 0.4) is 0 Å². The van der Waals surface area contributed by atoms with E-state index in [1.807, 2.05) is 24.3 Å². The molecule has 2 atom stereocenters. The number of nitrogens with zero attached hydrogens (tertiary/aromatic N) is 6. The van der Waals surface area contributed by atoms with Crippen LogP contribution in [0.4, 0.5) is 0 Å². The molecule has 0 aliphatic carbocycles. The van der Waals surface area contributed by atoms with Crippen LogP contribution in [0.2, 0.25) is 0 Å². The maximum Gasteiger partial charge on any atom is 0.167 e. The van der Waals surface area contributed by atoms with Gasteiger partial charge in [0, 0.05) is 35.4 Å². The number of hydrogen-bond acceptors (Lipinski definition) is 11. The third-order valence-corrected chi connectivity index (χ3v) is 16.4. The molecular formula is C51H48N6OS4. The number of rotatable bonds is 14. The number of hydrogen-bond donors (Lipinski definition) is 0. The van der Waals surface area contributed by atoms with Crippen LogP contribution < -0.4 is 0 Å². The topological polar surface area (TPSA) is 75.1 Å². The first-order chi connectivity index (χ1) is 30.6. The Hall–Kier alpha value is -5.01. The van der Waals surface area contributed by atoms with Crippen LogP contribution in [0.1, 0.15) is 80.1 Å². The highest BCUT2D eigenvalue weighted by molar-refractivity contribution is 7.19. The number of ketones is 1. The fourth-order valence-electron chi connectivity index (χ4n) is 8.92. The molecule has 8 aromatic rings. The molecule has 2 aliphatic heterocycles. The van der Waals surface area contributed by atoms with Crippen molar-refractivity contribution in [3.05, 3.63) is 162 Å². The van der Waals surface area contributed by atoms with Crippen molar-refractivity contribution in [1.29, 1.82) is 0 Å². The van der Waals surface area contributed by atoms with Crippen molar-refractivity contribution in [1.82, 2.24) is 29.7 Å². The van der Waals surface area contributed by atoms with Gasteiger partial charge in [-0.3, -0.25) is 14.6 Å². The summed E-state index contributed by atoms with van der Waals surface area (Å²) in [6, 6.07) is 36.9. The van der Waals surface area contributed by atoms with Crippen molar-refractivity contribution in [3.63, 3.8) is 0 Å². The second kappa shape index (κ2) is 19.2. The van der Waals surface area contributed by atoms with E-state index < -0.39 is 0 Å². The second-order valence-electron chi connectivity index (χ2n) is 16.3. The first-order valence-corrected chi connectivity index (χ1v) is 25.0. The van der Waals surface area contributed by atoms with Gasteiger partial charge in [-0.1, -0.05) is 97.1 Å². The van der Waals surface area contributed by atoms with E-state index in [-0.39, 0.29) is 12.1 Å². The Kier molecular flexibility index (Phi) is 12.7. The molecule has 4 aromatic carbocycles. The fourth-order valence-corrected chi connectivity index (χ4v) is 12.8. The number of para-hydroxylation sites is 2. The number of Topliss-reactive ketones (excluding diaryl/α,β-unsaturated/α-hetero) is 1. The summed E-state index contributed by atoms with van der Waals surface area (Å²) in [7, 11) is 0. The zero-order chi connectivity index (χ0) is 41.7. The standard InChI is InChI=1S/C51H48N6OS4/c58-49(43(31-47-54-41-15-7-9-17-45(41)61-47)56-27-23-37(24-28-56)50-52-39(33-59-50)21-19-35-11-3-1-4-12-35)44(32-48-55-42-16-8-10-18-46(42)62-48)57-29-25-38(26-30-57)51-53-40(34-60-51)22-20-36-13-5-2-6-14-36/h1-22,33-34,37-38,43-44H,23-32H2. The first kappa shape index (κ1) is 41.0. The lowest BCUT2D eigenvalue weighted by atomic mass is 9.90. The number of fused-ring (bicyclic) bond motifs is 2. The van der Waals surface area contributed by atoms with Gasteiger partial charge in [0.25, 0.3) is 0 Å². The van der Waals surface area contributed by atoms with Crippen LogP contribution in [0, 0.1) is 0 Å². The maximum atomic E-state index is 15.6. The van der Waals surface area contributed by atoms with Gasteiger partial charge in [0.15, 0.2) is 5.78 Å². The average molecular weight is 889 g/mol. The molecule has 10 rings (SSSR count). The molecule has 0 bridgehead atoms. The first-order valence-electron chi connectivity index (χ1n) is 21.7.